The number of para-hydroxylation sites is 2. The third-order valence-electron chi connectivity index (χ3n) is 25.3. The van der Waals surface area contributed by atoms with Gasteiger partial charge in [-0.1, -0.05) is 55.2 Å². The van der Waals surface area contributed by atoms with E-state index in [1.807, 2.05) is 164 Å². The molecule has 0 amide bonds. The molecular weight excluding hydrogens is 1900 g/mol. The van der Waals surface area contributed by atoms with Crippen LogP contribution in [0.25, 0.3) is 135 Å². The summed E-state index contributed by atoms with van der Waals surface area (Å²) in [6.45, 7) is 35.4. The van der Waals surface area contributed by atoms with Crippen LogP contribution in [0.3, 0.4) is 0 Å². The number of fused-ring (bicyclic) bond motifs is 8. The van der Waals surface area contributed by atoms with Crippen LogP contribution in [-0.2, 0) is 0 Å². The van der Waals surface area contributed by atoms with E-state index in [0.717, 1.165) is 232 Å². The van der Waals surface area contributed by atoms with Gasteiger partial charge < -0.3 is 71.4 Å². The molecule has 23 rings (SSSR count). The van der Waals surface area contributed by atoms with E-state index in [-0.39, 0.29) is 23.6 Å². The second-order valence-corrected chi connectivity index (χ2v) is 39.8. The third-order valence-corrected chi connectivity index (χ3v) is 30.0. The van der Waals surface area contributed by atoms with Crippen molar-refractivity contribution >= 4 is 179 Å². The van der Waals surface area contributed by atoms with Gasteiger partial charge in [-0.3, -0.25) is 14.7 Å². The lowest BCUT2D eigenvalue weighted by atomic mass is 10.2. The van der Waals surface area contributed by atoms with Gasteiger partial charge >= 0.3 is 28.1 Å². The van der Waals surface area contributed by atoms with E-state index in [0.29, 0.717) is 110 Å². The van der Waals surface area contributed by atoms with Crippen molar-refractivity contribution in [3.05, 3.63) is 242 Å². The number of benzene rings is 2. The first kappa shape index (κ1) is 96.2. The SMILES string of the molecule is CC(C)N1CCN(c2ccc3cc(-c4nc5c(Cl)cccc5s4)c(=O)oc3n2)CC1.CCCN1CCN(c2ccc3cc(-c4nc(C)cs4)c(=O)oc3n2)CC1.CCN1CCN(c2ccc3cc(-c4nc(C)cs4)c(=O)oc3n2)CC1.Cc1ccc2nc(-c3cc4ccc(N5CCNCC5)nc4oc3=O)cn2c1.O=c1oc2nc(N3CCN(CC(O)CO)CC3)ccc2cc1-c1nc2c(Cl)cccc2s1. The maximum absolute atomic E-state index is 12.7. The Kier molecular flexibility index (Phi) is 29.4. The minimum atomic E-state index is -0.727. The Morgan fingerprint density at radius 3 is 1.15 bits per heavy atom. The van der Waals surface area contributed by atoms with E-state index in [9.17, 15) is 29.1 Å². The van der Waals surface area contributed by atoms with Crippen molar-refractivity contribution in [3.63, 3.8) is 0 Å². The summed E-state index contributed by atoms with van der Waals surface area (Å²) < 4.78 is 31.5. The van der Waals surface area contributed by atoms with Crippen molar-refractivity contribution in [2.75, 3.05) is 182 Å². The predicted molar refractivity (Wildman–Crippen MR) is 558 cm³/mol. The van der Waals surface area contributed by atoms with Crippen LogP contribution in [0.5, 0.6) is 0 Å². The van der Waals surface area contributed by atoms with Gasteiger partial charge in [-0.05, 0) is 181 Å². The molecule has 18 aromatic rings. The summed E-state index contributed by atoms with van der Waals surface area (Å²) >= 11 is 18.2. The van der Waals surface area contributed by atoms with Crippen molar-refractivity contribution < 1.29 is 32.3 Å². The highest BCUT2D eigenvalue weighted by Gasteiger charge is 2.28. The first-order valence-corrected chi connectivity index (χ1v) is 50.9. The molecule has 0 spiro atoms. The largest absolute Gasteiger partial charge is 0.403 e. The number of anilines is 5. The fourth-order valence-corrected chi connectivity index (χ4v) is 21.7. The number of imidazole rings is 1. The van der Waals surface area contributed by atoms with Crippen molar-refractivity contribution in [2.24, 2.45) is 0 Å². The lowest BCUT2D eigenvalue weighted by Gasteiger charge is -2.37. The Balaban J connectivity index is 0.000000112. The smallest absolute Gasteiger partial charge is 0.347 e. The average molecular weight is 2000 g/mol. The monoisotopic (exact) mass is 2000 g/mol. The molecule has 5 saturated heterocycles. The summed E-state index contributed by atoms with van der Waals surface area (Å²) in [5.74, 6) is 4.15. The van der Waals surface area contributed by atoms with Gasteiger partial charge in [0.2, 0.25) is 28.6 Å². The molecule has 0 bridgehead atoms. The molecule has 0 aliphatic carbocycles. The zero-order valence-corrected chi connectivity index (χ0v) is 83.0. The van der Waals surface area contributed by atoms with Crippen LogP contribution < -0.4 is 57.9 Å². The maximum atomic E-state index is 12.7. The minimum Gasteiger partial charge on any atom is -0.403 e. The Morgan fingerprint density at radius 1 is 0.407 bits per heavy atom. The van der Waals surface area contributed by atoms with Gasteiger partial charge in [-0.2, -0.15) is 24.9 Å². The molecule has 0 radical (unpaired) electrons. The number of hydrogen-bond acceptors (Lipinski definition) is 36. The number of rotatable bonds is 17. The summed E-state index contributed by atoms with van der Waals surface area (Å²) in [6, 6.07) is 44.3. The lowest BCUT2D eigenvalue weighted by molar-refractivity contribution is 0.0574. The molecule has 3 N–H and O–H groups in total. The summed E-state index contributed by atoms with van der Waals surface area (Å²) in [5.41, 5.74) is 7.62. The number of piperazine rings is 5. The molecule has 39 heteroatoms. The van der Waals surface area contributed by atoms with Gasteiger partial charge in [-0.25, -0.2) is 48.9 Å². The van der Waals surface area contributed by atoms with Crippen molar-refractivity contribution in [2.45, 2.75) is 67.0 Å². The third kappa shape index (κ3) is 21.7. The van der Waals surface area contributed by atoms with E-state index < -0.39 is 23.0 Å². The first-order valence-electron chi connectivity index (χ1n) is 46.8. The van der Waals surface area contributed by atoms with E-state index in [1.165, 1.54) is 51.8 Å². The molecule has 0 saturated carbocycles. The van der Waals surface area contributed by atoms with Gasteiger partial charge in [-0.15, -0.1) is 45.3 Å². The number of aliphatic hydroxyl groups is 2. The Hall–Kier alpha value is -12.7. The number of nitrogens with one attached hydrogen (secondary N) is 1. The second-order valence-electron chi connectivity index (χ2n) is 35.2. The zero-order valence-electron chi connectivity index (χ0n) is 78.2. The Morgan fingerprint density at radius 2 is 0.779 bits per heavy atom. The van der Waals surface area contributed by atoms with Crippen LogP contribution in [0.15, 0.2) is 209 Å². The fourth-order valence-electron chi connectivity index (χ4n) is 17.5. The van der Waals surface area contributed by atoms with Crippen molar-refractivity contribution in [1.29, 1.82) is 0 Å². The summed E-state index contributed by atoms with van der Waals surface area (Å²) in [6.07, 6.45) is 4.29. The molecule has 33 nitrogen and oxygen atoms in total. The van der Waals surface area contributed by atoms with Crippen LogP contribution in [-0.4, -0.2) is 253 Å². The highest BCUT2D eigenvalue weighted by Crippen LogP contribution is 2.38. The Bertz CT molecular complexity index is 7880. The molecule has 140 heavy (non-hydrogen) atoms. The first-order chi connectivity index (χ1) is 67.9. The van der Waals surface area contributed by atoms with Crippen LogP contribution >= 0.6 is 68.5 Å². The number of halogens is 2. The molecule has 5 aliphatic heterocycles. The van der Waals surface area contributed by atoms with Gasteiger partial charge in [0.25, 0.3) is 0 Å². The molecule has 1 atom stereocenters. The lowest BCUT2D eigenvalue weighted by Crippen LogP contribution is -2.49. The highest BCUT2D eigenvalue weighted by atomic mass is 35.5. The fraction of sp³-hybridized carbons (Fsp3) is 0.337. The van der Waals surface area contributed by atoms with Gasteiger partial charge in [0.1, 0.15) is 65.8 Å². The highest BCUT2D eigenvalue weighted by molar-refractivity contribution is 7.22. The molecule has 2 aromatic carbocycles. The van der Waals surface area contributed by atoms with E-state index >= 15 is 0 Å². The van der Waals surface area contributed by atoms with Crippen LogP contribution in [0, 0.1) is 20.8 Å². The molecule has 5 fully saturated rings. The number of β-amino-alcohol motifs (C(OH)–C–C–N with tert-alkyl or cyclic N) is 1. The molecular formula is C101H103Cl2N21O12S4. The van der Waals surface area contributed by atoms with Crippen molar-refractivity contribution in [1.82, 2.24) is 79.2 Å². The molecule has 722 valence electrons. The number of aliphatic hydroxyl groups excluding tert-OH is 2. The van der Waals surface area contributed by atoms with E-state index in [1.54, 1.807) is 24.3 Å². The topological polar surface area (TPSA) is 366 Å². The van der Waals surface area contributed by atoms with Crippen molar-refractivity contribution in [3.8, 4) is 53.5 Å². The Labute approximate surface area is 828 Å². The van der Waals surface area contributed by atoms with Gasteiger partial charge in [0.15, 0.2) is 0 Å². The molecule has 5 aliphatic rings. The number of thiazole rings is 4. The zero-order chi connectivity index (χ0) is 96.9. The molecule has 21 heterocycles. The normalized spacial score (nSPS) is 15.6. The van der Waals surface area contributed by atoms with Crippen LogP contribution in [0.1, 0.15) is 51.1 Å². The predicted octanol–water partition coefficient (Wildman–Crippen LogP) is 15.4. The molecule has 1 unspecified atom stereocenters. The number of aryl methyl sites for hydroxylation is 3. The standard InChI is InChI=1S/C22H21ClN4O4S.C22H21ClN4O2S.C20H19N5O2.C19H22N4O2S.C18H20N4O2S/c23-16-2-1-3-17-19(16)25-21(32-17)15-10-13-4-5-18(24-20(13)31-22(15)30)27-8-6-26(7-9-27)11-14(29)12-28;1-13(2)26-8-10-27(11-9-26)18-7-6-14-12-15(22(28)29-20(14)24-18)21-25-19-16(23)4-3-5-17(19)30-21;1-13-2-4-17-22-16(12-25(17)11-13)15-10-14-3-5-18(23-19(14)27-20(15)26)24-8-6-21-7-9-24;1-3-6-22-7-9-23(10-8-22)16-5-4-14-11-15(18-20-13(2)12-26-18)19(24)25-17(14)21-16;1-3-21-6-8-22(9-7-21)15-5-4-13-10-14(17-19-12(2)11-25-17)18(23)24-16(13)20-15/h1-5,10,14,28-29H,6-9,11-12H2;3-7,12-13H,8-11H2,1-2H3;2-5,10-12,21H,6-9H2,1H3;4-5,11-12H,3,6-10H2,1-2H3;4-5,10-11H,3,6-9H2,1-2H3. The van der Waals surface area contributed by atoms with Gasteiger partial charge in [0.05, 0.1) is 65.7 Å². The minimum absolute atomic E-state index is 0.239. The van der Waals surface area contributed by atoms with E-state index in [2.05, 4.69) is 127 Å². The number of aromatic nitrogens is 11. The summed E-state index contributed by atoms with van der Waals surface area (Å²) in [4.78, 5) is 129. The number of hydrogen-bond donors (Lipinski definition) is 3. The average Bonchev–Trinajstić information content (AvgIpc) is 1.59. The maximum Gasteiger partial charge on any atom is 0.347 e. The van der Waals surface area contributed by atoms with Crippen LogP contribution in [0.4, 0.5) is 29.1 Å². The molecule has 16 aromatic heterocycles. The van der Waals surface area contributed by atoms with Gasteiger partial charge in [0, 0.05) is 205 Å². The number of likely N-dealkylation sites (N-methyl/N-ethyl adjacent to an activating group) is 1. The second kappa shape index (κ2) is 42.8. The quantitative estimate of drug-likeness (QED) is 0.0762. The van der Waals surface area contributed by atoms with Crippen LogP contribution in [0.2, 0.25) is 10.0 Å². The van der Waals surface area contributed by atoms with E-state index in [4.69, 9.17) is 50.4 Å². The summed E-state index contributed by atoms with van der Waals surface area (Å²) in [7, 11) is 0. The number of nitrogens with zero attached hydrogens (tertiary/aromatic N) is 20. The number of pyridine rings is 6. The summed E-state index contributed by atoms with van der Waals surface area (Å²) in [5, 5.41) is 33.4.